The first-order valence-electron chi connectivity index (χ1n) is 11.3. The topological polar surface area (TPSA) is 92.0 Å². The standard InChI is InChI=1S/C30H20O7/c1-34-21-12-15-24-26(16-21)35-18-25(28(24)31)23-14-13-22(36-29(32)19-8-4-2-5-9-19)17-27(23)37-30(33)20-10-6-3-7-11-20/h2-18H,1H3. The molecule has 1 heterocycles. The zero-order valence-corrected chi connectivity index (χ0v) is 19.7. The van der Waals surface area contributed by atoms with Crippen molar-refractivity contribution >= 4 is 22.9 Å². The van der Waals surface area contributed by atoms with Gasteiger partial charge in [0.2, 0.25) is 5.43 Å². The Morgan fingerprint density at radius 3 is 1.95 bits per heavy atom. The summed E-state index contributed by atoms with van der Waals surface area (Å²) in [6.07, 6.45) is 1.30. The van der Waals surface area contributed by atoms with Gasteiger partial charge >= 0.3 is 11.9 Å². The molecule has 4 aromatic carbocycles. The van der Waals surface area contributed by atoms with E-state index in [4.69, 9.17) is 18.6 Å². The third-order valence-corrected chi connectivity index (χ3v) is 5.66. The van der Waals surface area contributed by atoms with Gasteiger partial charge in [0.25, 0.3) is 0 Å². The summed E-state index contributed by atoms with van der Waals surface area (Å²) >= 11 is 0. The summed E-state index contributed by atoms with van der Waals surface area (Å²) in [4.78, 5) is 38.8. The molecule has 0 unspecified atom stereocenters. The highest BCUT2D eigenvalue weighted by Gasteiger charge is 2.19. The fraction of sp³-hybridized carbons (Fsp3) is 0.0333. The van der Waals surface area contributed by atoms with Crippen molar-refractivity contribution in [3.63, 3.8) is 0 Å². The maximum Gasteiger partial charge on any atom is 0.343 e. The van der Waals surface area contributed by atoms with Crippen molar-refractivity contribution in [1.82, 2.24) is 0 Å². The number of hydrogen-bond acceptors (Lipinski definition) is 7. The largest absolute Gasteiger partial charge is 0.497 e. The number of carbonyl (C=O) groups is 2. The van der Waals surface area contributed by atoms with Crippen LogP contribution in [0.2, 0.25) is 0 Å². The van der Waals surface area contributed by atoms with E-state index in [1.807, 2.05) is 0 Å². The molecule has 0 saturated carbocycles. The number of benzene rings is 4. The third-order valence-electron chi connectivity index (χ3n) is 5.66. The lowest BCUT2D eigenvalue weighted by atomic mass is 10.0. The Kier molecular flexibility index (Phi) is 6.50. The summed E-state index contributed by atoms with van der Waals surface area (Å²) in [7, 11) is 1.52. The Labute approximate surface area is 211 Å². The minimum atomic E-state index is -0.636. The summed E-state index contributed by atoms with van der Waals surface area (Å²) < 4.78 is 22.1. The van der Waals surface area contributed by atoms with Crippen LogP contribution in [0.15, 0.2) is 113 Å². The van der Waals surface area contributed by atoms with Crippen LogP contribution in [0.5, 0.6) is 17.2 Å². The van der Waals surface area contributed by atoms with Gasteiger partial charge in [0, 0.05) is 17.7 Å². The van der Waals surface area contributed by atoms with Crippen LogP contribution in [-0.2, 0) is 0 Å². The van der Waals surface area contributed by atoms with Gasteiger partial charge in [-0.2, -0.15) is 0 Å². The smallest absolute Gasteiger partial charge is 0.343 e. The molecule has 0 amide bonds. The Morgan fingerprint density at radius 1 is 0.676 bits per heavy atom. The number of methoxy groups -OCH3 is 1. The van der Waals surface area contributed by atoms with E-state index in [0.717, 1.165) is 0 Å². The second kappa shape index (κ2) is 10.2. The minimum Gasteiger partial charge on any atom is -0.497 e. The predicted octanol–water partition coefficient (Wildman–Crippen LogP) is 5.91. The Balaban J connectivity index is 1.57. The average molecular weight is 492 g/mol. The molecule has 7 nitrogen and oxygen atoms in total. The molecule has 0 aliphatic carbocycles. The summed E-state index contributed by atoms with van der Waals surface area (Å²) in [6, 6.07) is 26.3. The predicted molar refractivity (Wildman–Crippen MR) is 137 cm³/mol. The molecule has 0 atom stereocenters. The Morgan fingerprint density at radius 2 is 1.30 bits per heavy atom. The van der Waals surface area contributed by atoms with Crippen molar-refractivity contribution < 1.29 is 28.2 Å². The fourth-order valence-electron chi connectivity index (χ4n) is 3.77. The van der Waals surface area contributed by atoms with Gasteiger partial charge in [-0.3, -0.25) is 4.79 Å². The van der Waals surface area contributed by atoms with E-state index in [0.29, 0.717) is 33.4 Å². The second-order valence-corrected chi connectivity index (χ2v) is 8.01. The molecule has 0 saturated heterocycles. The zero-order valence-electron chi connectivity index (χ0n) is 19.7. The molecular formula is C30H20O7. The summed E-state index contributed by atoms with van der Waals surface area (Å²) in [5, 5.41) is 0.332. The summed E-state index contributed by atoms with van der Waals surface area (Å²) in [5.41, 5.74) is 1.18. The molecule has 0 fully saturated rings. The highest BCUT2D eigenvalue weighted by Crippen LogP contribution is 2.34. The molecule has 182 valence electrons. The van der Waals surface area contributed by atoms with Crippen LogP contribution < -0.4 is 19.6 Å². The van der Waals surface area contributed by atoms with E-state index in [1.165, 1.54) is 25.5 Å². The van der Waals surface area contributed by atoms with Crippen molar-refractivity contribution in [1.29, 1.82) is 0 Å². The number of esters is 2. The van der Waals surface area contributed by atoms with Crippen molar-refractivity contribution in [2.45, 2.75) is 0 Å². The highest BCUT2D eigenvalue weighted by molar-refractivity contribution is 5.93. The molecule has 5 rings (SSSR count). The lowest BCUT2D eigenvalue weighted by Gasteiger charge is -2.13. The fourth-order valence-corrected chi connectivity index (χ4v) is 3.77. The van der Waals surface area contributed by atoms with Crippen LogP contribution in [0.1, 0.15) is 20.7 Å². The lowest BCUT2D eigenvalue weighted by Crippen LogP contribution is -2.12. The first-order chi connectivity index (χ1) is 18.0. The minimum absolute atomic E-state index is 0.0346. The number of carbonyl (C=O) groups excluding carboxylic acids is 2. The molecule has 0 aliphatic rings. The quantitative estimate of drug-likeness (QED) is 0.215. The van der Waals surface area contributed by atoms with Gasteiger partial charge in [0.05, 0.1) is 29.2 Å². The van der Waals surface area contributed by atoms with Crippen LogP contribution in [0.3, 0.4) is 0 Å². The molecule has 1 aromatic heterocycles. The Hall–Kier alpha value is -5.17. The maximum atomic E-state index is 13.4. The van der Waals surface area contributed by atoms with Crippen LogP contribution in [0, 0.1) is 0 Å². The summed E-state index contributed by atoms with van der Waals surface area (Å²) in [5.74, 6) is -0.489. The van der Waals surface area contributed by atoms with Crippen LogP contribution in [0.25, 0.3) is 22.1 Å². The van der Waals surface area contributed by atoms with Gasteiger partial charge in [0.1, 0.15) is 29.1 Å². The molecule has 0 bridgehead atoms. The van der Waals surface area contributed by atoms with Crippen LogP contribution >= 0.6 is 0 Å². The monoisotopic (exact) mass is 492 g/mol. The molecule has 7 heteroatoms. The van der Waals surface area contributed by atoms with Crippen molar-refractivity contribution in [3.8, 4) is 28.4 Å². The Bertz CT molecular complexity index is 1650. The van der Waals surface area contributed by atoms with E-state index < -0.39 is 11.9 Å². The number of hydrogen-bond donors (Lipinski definition) is 0. The number of rotatable bonds is 6. The first-order valence-corrected chi connectivity index (χ1v) is 11.3. The zero-order chi connectivity index (χ0) is 25.8. The number of ether oxygens (including phenoxy) is 3. The SMILES string of the molecule is COc1ccc2c(=O)c(-c3ccc(OC(=O)c4ccccc4)cc3OC(=O)c3ccccc3)coc2c1. The van der Waals surface area contributed by atoms with E-state index in [2.05, 4.69) is 0 Å². The van der Waals surface area contributed by atoms with E-state index >= 15 is 0 Å². The molecule has 5 aromatic rings. The lowest BCUT2D eigenvalue weighted by molar-refractivity contribution is 0.0733. The first kappa shape index (κ1) is 23.6. The highest BCUT2D eigenvalue weighted by atomic mass is 16.5. The van der Waals surface area contributed by atoms with E-state index in [9.17, 15) is 14.4 Å². The summed E-state index contributed by atoms with van der Waals surface area (Å²) in [6.45, 7) is 0. The molecule has 0 aliphatic heterocycles. The van der Waals surface area contributed by atoms with E-state index in [-0.39, 0.29) is 22.5 Å². The van der Waals surface area contributed by atoms with Gasteiger partial charge in [-0.15, -0.1) is 0 Å². The van der Waals surface area contributed by atoms with Crippen molar-refractivity contribution in [2.24, 2.45) is 0 Å². The van der Waals surface area contributed by atoms with Gasteiger partial charge in [-0.25, -0.2) is 9.59 Å². The normalized spacial score (nSPS) is 10.6. The van der Waals surface area contributed by atoms with Gasteiger partial charge in [-0.05, 0) is 48.5 Å². The van der Waals surface area contributed by atoms with Crippen LogP contribution in [0.4, 0.5) is 0 Å². The molecular weight excluding hydrogens is 472 g/mol. The number of fused-ring (bicyclic) bond motifs is 1. The van der Waals surface area contributed by atoms with Gasteiger partial charge < -0.3 is 18.6 Å². The molecule has 0 radical (unpaired) electrons. The molecule has 0 spiro atoms. The van der Waals surface area contributed by atoms with Crippen molar-refractivity contribution in [2.75, 3.05) is 7.11 Å². The van der Waals surface area contributed by atoms with Crippen LogP contribution in [-0.4, -0.2) is 19.0 Å². The van der Waals surface area contributed by atoms with Gasteiger partial charge in [0.15, 0.2) is 0 Å². The average Bonchev–Trinajstić information content (AvgIpc) is 2.94. The van der Waals surface area contributed by atoms with Crippen molar-refractivity contribution in [3.05, 3.63) is 125 Å². The molecule has 37 heavy (non-hydrogen) atoms. The van der Waals surface area contributed by atoms with Gasteiger partial charge in [-0.1, -0.05) is 36.4 Å². The maximum absolute atomic E-state index is 13.4. The molecule has 0 N–H and O–H groups in total. The van der Waals surface area contributed by atoms with E-state index in [1.54, 1.807) is 84.9 Å². The third kappa shape index (κ3) is 4.97. The second-order valence-electron chi connectivity index (χ2n) is 8.01.